The molecule has 1 amide bonds. The molecule has 11 heteroatoms. The van der Waals surface area contributed by atoms with Crippen molar-refractivity contribution in [3.05, 3.63) is 65.5 Å². The second-order valence-corrected chi connectivity index (χ2v) is 13.5. The van der Waals surface area contributed by atoms with Crippen LogP contribution in [0.3, 0.4) is 0 Å². The highest BCUT2D eigenvalue weighted by molar-refractivity contribution is 6.36. The minimum absolute atomic E-state index is 0.0582. The van der Waals surface area contributed by atoms with Crippen LogP contribution in [0.4, 0.5) is 16.2 Å². The minimum atomic E-state index is -1.02. The third kappa shape index (κ3) is 5.80. The molecule has 1 aromatic heterocycles. The maximum Gasteiger partial charge on any atom is 0.282 e. The van der Waals surface area contributed by atoms with Gasteiger partial charge in [-0.1, -0.05) is 48.5 Å². The molecule has 9 nitrogen and oxygen atoms in total. The van der Waals surface area contributed by atoms with E-state index in [4.69, 9.17) is 26.3 Å². The largest absolute Gasteiger partial charge is 0.492 e. The Bertz CT molecular complexity index is 1960. The van der Waals surface area contributed by atoms with Crippen LogP contribution < -0.4 is 14.5 Å². The Balaban J connectivity index is 1.44. The fraction of sp³-hybridized carbons (Fsp3) is 0.405. The van der Waals surface area contributed by atoms with Crippen LogP contribution in [0.25, 0.3) is 32.8 Å². The number of nitriles is 1. The first-order chi connectivity index (χ1) is 23.2. The summed E-state index contributed by atoms with van der Waals surface area (Å²) in [4.78, 5) is 31.3. The van der Waals surface area contributed by atoms with E-state index in [1.807, 2.05) is 12.1 Å². The van der Waals surface area contributed by atoms with Crippen molar-refractivity contribution < 1.29 is 13.9 Å². The average molecular weight is 668 g/mol. The summed E-state index contributed by atoms with van der Waals surface area (Å²) in [6.45, 7) is 6.37. The van der Waals surface area contributed by atoms with Crippen molar-refractivity contribution in [2.45, 2.75) is 44.2 Å². The van der Waals surface area contributed by atoms with Gasteiger partial charge in [0.2, 0.25) is 5.95 Å². The number of hydrogen-bond donors (Lipinski definition) is 0. The van der Waals surface area contributed by atoms with Crippen LogP contribution in [0.5, 0.6) is 5.75 Å². The molecule has 3 aromatic carbocycles. The smallest absolute Gasteiger partial charge is 0.282 e. The summed E-state index contributed by atoms with van der Waals surface area (Å²) < 4.78 is 20.6. The van der Waals surface area contributed by atoms with Crippen LogP contribution in [0.2, 0.25) is 5.02 Å². The van der Waals surface area contributed by atoms with Crippen LogP contribution in [0, 0.1) is 11.3 Å². The van der Waals surface area contributed by atoms with E-state index >= 15 is 0 Å². The van der Waals surface area contributed by atoms with Gasteiger partial charge in [-0.15, -0.1) is 0 Å². The van der Waals surface area contributed by atoms with Gasteiger partial charge in [0, 0.05) is 54.7 Å². The van der Waals surface area contributed by atoms with Crippen molar-refractivity contribution in [3.8, 4) is 22.9 Å². The molecule has 4 aromatic rings. The topological polar surface area (TPSA) is 88.8 Å². The molecule has 0 N–H and O–H groups in total. The predicted octanol–water partition coefficient (Wildman–Crippen LogP) is 6.37. The summed E-state index contributed by atoms with van der Waals surface area (Å²) in [5.41, 5.74) is 3.91. The fourth-order valence-electron chi connectivity index (χ4n) is 7.54. The molecule has 48 heavy (non-hydrogen) atoms. The lowest BCUT2D eigenvalue weighted by Crippen LogP contribution is -2.55. The van der Waals surface area contributed by atoms with Gasteiger partial charge in [-0.3, -0.25) is 4.79 Å². The summed E-state index contributed by atoms with van der Waals surface area (Å²) >= 11 is 6.85. The normalized spacial score (nSPS) is 19.7. The van der Waals surface area contributed by atoms with Crippen molar-refractivity contribution in [2.75, 3.05) is 63.2 Å². The Labute approximate surface area is 285 Å². The highest BCUT2D eigenvalue weighted by Crippen LogP contribution is 2.46. The number of likely N-dealkylation sites (N-methyl/N-ethyl adjacent to an activating group) is 1. The number of rotatable bonds is 6. The van der Waals surface area contributed by atoms with Crippen molar-refractivity contribution in [1.82, 2.24) is 19.8 Å². The standard InChI is InChI=1S/C37H39ClFN7O2/c1-23(39)36(47)46-18-17-44(22-26(46)14-15-40)35-33-31(41-37(42-35)45-16-6-10-25(21-45)43(2)3)20-29(28-12-7-19-48-34(28)33)27-11-4-8-24-9-5-13-30(38)32(24)27/h4-5,8-9,11,13,20,25-26H,1,6-7,10,12,14,16-19,21-22H2,2-3H3/t25?,26-/m0/s1. The number of anilines is 2. The Morgan fingerprint density at radius 3 is 2.67 bits per heavy atom. The fourth-order valence-corrected chi connectivity index (χ4v) is 7.83. The third-order valence-electron chi connectivity index (χ3n) is 9.99. The molecule has 0 radical (unpaired) electrons. The van der Waals surface area contributed by atoms with Crippen molar-refractivity contribution in [1.29, 1.82) is 5.26 Å². The molecule has 2 fully saturated rings. The average Bonchev–Trinajstić information content (AvgIpc) is 3.10. The number of amides is 1. The number of fused-ring (bicyclic) bond motifs is 4. The number of aromatic nitrogens is 2. The zero-order chi connectivity index (χ0) is 33.5. The molecule has 2 atom stereocenters. The summed E-state index contributed by atoms with van der Waals surface area (Å²) in [5, 5.41) is 13.2. The number of piperidine rings is 1. The van der Waals surface area contributed by atoms with Crippen LogP contribution in [-0.2, 0) is 11.2 Å². The van der Waals surface area contributed by atoms with Crippen molar-refractivity contribution >= 4 is 50.9 Å². The van der Waals surface area contributed by atoms with E-state index in [9.17, 15) is 14.4 Å². The van der Waals surface area contributed by atoms with Gasteiger partial charge in [0.05, 0.1) is 36.0 Å². The Morgan fingerprint density at radius 2 is 1.90 bits per heavy atom. The maximum atomic E-state index is 14.0. The van der Waals surface area contributed by atoms with E-state index in [1.54, 1.807) is 0 Å². The molecular formula is C37H39ClFN7O2. The van der Waals surface area contributed by atoms with E-state index in [0.717, 1.165) is 82.9 Å². The highest BCUT2D eigenvalue weighted by Gasteiger charge is 2.35. The number of carbonyl (C=O) groups excluding carboxylic acids is 1. The molecule has 0 bridgehead atoms. The van der Waals surface area contributed by atoms with Gasteiger partial charge in [-0.05, 0) is 68.4 Å². The van der Waals surface area contributed by atoms with Gasteiger partial charge in [0.15, 0.2) is 5.83 Å². The number of hydrogen-bond acceptors (Lipinski definition) is 8. The van der Waals surface area contributed by atoms with Gasteiger partial charge in [0.25, 0.3) is 5.91 Å². The van der Waals surface area contributed by atoms with E-state index in [0.29, 0.717) is 42.5 Å². The second-order valence-electron chi connectivity index (χ2n) is 13.1. The molecule has 4 heterocycles. The maximum absolute atomic E-state index is 14.0. The van der Waals surface area contributed by atoms with E-state index in [1.165, 1.54) is 4.90 Å². The predicted molar refractivity (Wildman–Crippen MR) is 188 cm³/mol. The highest BCUT2D eigenvalue weighted by atomic mass is 35.5. The molecule has 0 aliphatic carbocycles. The van der Waals surface area contributed by atoms with Crippen LogP contribution >= 0.6 is 11.6 Å². The van der Waals surface area contributed by atoms with Crippen molar-refractivity contribution in [3.63, 3.8) is 0 Å². The van der Waals surface area contributed by atoms with Crippen molar-refractivity contribution in [2.24, 2.45) is 0 Å². The molecule has 3 aliphatic rings. The van der Waals surface area contributed by atoms with Gasteiger partial charge in [-0.2, -0.15) is 10.2 Å². The number of carbonyl (C=O) groups is 1. The third-order valence-corrected chi connectivity index (χ3v) is 10.3. The van der Waals surface area contributed by atoms with Gasteiger partial charge >= 0.3 is 0 Å². The van der Waals surface area contributed by atoms with Gasteiger partial charge in [-0.25, -0.2) is 9.37 Å². The second kappa shape index (κ2) is 13.2. The lowest BCUT2D eigenvalue weighted by Gasteiger charge is -2.42. The Hall–Kier alpha value is -4.46. The zero-order valence-corrected chi connectivity index (χ0v) is 28.1. The van der Waals surface area contributed by atoms with Crippen LogP contribution in [0.1, 0.15) is 31.2 Å². The number of benzene rings is 3. The quantitative estimate of drug-likeness (QED) is 0.219. The summed E-state index contributed by atoms with van der Waals surface area (Å²) in [5.74, 6) is 0.304. The number of piperazine rings is 1. The molecule has 2 saturated heterocycles. The monoisotopic (exact) mass is 667 g/mol. The number of ether oxygens (including phenoxy) is 1. The molecule has 3 aliphatic heterocycles. The van der Waals surface area contributed by atoms with Crippen LogP contribution in [0.15, 0.2) is 54.9 Å². The van der Waals surface area contributed by atoms with Gasteiger partial charge < -0.3 is 24.3 Å². The van der Waals surface area contributed by atoms with Crippen LogP contribution in [-0.4, -0.2) is 91.2 Å². The zero-order valence-electron chi connectivity index (χ0n) is 27.4. The summed E-state index contributed by atoms with van der Waals surface area (Å²) in [6, 6.07) is 16.4. The Morgan fingerprint density at radius 1 is 1.08 bits per heavy atom. The summed E-state index contributed by atoms with van der Waals surface area (Å²) in [7, 11) is 4.21. The first-order valence-electron chi connectivity index (χ1n) is 16.6. The minimum Gasteiger partial charge on any atom is -0.492 e. The van der Waals surface area contributed by atoms with E-state index < -0.39 is 17.8 Å². The lowest BCUT2D eigenvalue weighted by atomic mass is 9.89. The SMILES string of the molecule is C=C(F)C(=O)N1CCN(c2nc(N3CCCC(N(C)C)C3)nc3cc(-c4cccc5cccc(Cl)c45)c4c(c23)OCCC4)C[C@@H]1CC#N. The number of halogens is 2. The van der Waals surface area contributed by atoms with E-state index in [-0.39, 0.29) is 13.0 Å². The molecular weight excluding hydrogens is 629 g/mol. The summed E-state index contributed by atoms with van der Waals surface area (Å²) in [6.07, 6.45) is 3.86. The molecule has 7 rings (SSSR count). The van der Waals surface area contributed by atoms with Gasteiger partial charge in [0.1, 0.15) is 11.6 Å². The van der Waals surface area contributed by atoms with E-state index in [2.05, 4.69) is 71.8 Å². The number of nitrogens with zero attached hydrogens (tertiary/aromatic N) is 7. The molecule has 248 valence electrons. The molecule has 0 spiro atoms. The molecule has 1 unspecified atom stereocenters. The first-order valence-corrected chi connectivity index (χ1v) is 17.0. The molecule has 0 saturated carbocycles. The first kappa shape index (κ1) is 32.1. The Kier molecular flexibility index (Phi) is 8.84. The lowest BCUT2D eigenvalue weighted by molar-refractivity contribution is -0.131.